The molecule has 0 saturated carbocycles. The van der Waals surface area contributed by atoms with Gasteiger partial charge in [0.05, 0.1) is 0 Å². The van der Waals surface area contributed by atoms with E-state index < -0.39 is 6.11 Å². The normalized spacial score (nSPS) is 12.2. The summed E-state index contributed by atoms with van der Waals surface area (Å²) in [4.78, 5) is 8.78. The van der Waals surface area contributed by atoms with Crippen molar-refractivity contribution in [2.45, 2.75) is 39.2 Å². The molecule has 0 unspecified atom stereocenters. The van der Waals surface area contributed by atoms with E-state index in [2.05, 4.69) is 20.8 Å². The summed E-state index contributed by atoms with van der Waals surface area (Å²) in [6.07, 6.45) is 0.254. The molecule has 0 N–H and O–H groups in total. The van der Waals surface area contributed by atoms with Crippen molar-refractivity contribution in [2.24, 2.45) is 0 Å². The number of hydrogen-bond donors (Lipinski definition) is 0. The van der Waals surface area contributed by atoms with Gasteiger partial charge in [0.25, 0.3) is 0 Å². The third-order valence-corrected chi connectivity index (χ3v) is 3.74. The van der Waals surface area contributed by atoms with Crippen molar-refractivity contribution in [1.82, 2.24) is 14.4 Å². The van der Waals surface area contributed by atoms with E-state index in [4.69, 9.17) is 0 Å². The first-order valence-electron chi connectivity index (χ1n) is 8.04. The van der Waals surface area contributed by atoms with Gasteiger partial charge >= 0.3 is 6.11 Å². The topological polar surface area (TPSA) is 63.2 Å². The molecule has 0 amide bonds. The predicted molar refractivity (Wildman–Crippen MR) is 93.1 cm³/mol. The molecule has 7 heteroatoms. The lowest BCUT2D eigenvalue weighted by Gasteiger charge is -2.17. The minimum atomic E-state index is -3.23. The summed E-state index contributed by atoms with van der Waals surface area (Å²) in [6.45, 7) is 6.71. The number of nitrogens with zero attached hydrogens (tertiary/aromatic N) is 4. The summed E-state index contributed by atoms with van der Waals surface area (Å²) in [5, 5.41) is 9.28. The minimum Gasteiger partial charge on any atom is -0.433 e. The Bertz CT molecular complexity index is 990. The van der Waals surface area contributed by atoms with Gasteiger partial charge in [-0.3, -0.25) is 4.40 Å². The molecule has 5 nitrogen and oxygen atoms in total. The van der Waals surface area contributed by atoms with E-state index in [9.17, 15) is 14.0 Å². The van der Waals surface area contributed by atoms with E-state index in [-0.39, 0.29) is 16.9 Å². The van der Waals surface area contributed by atoms with Gasteiger partial charge in [-0.15, -0.1) is 0 Å². The number of nitriles is 1. The second kappa shape index (κ2) is 6.06. The Morgan fingerprint density at radius 2 is 1.73 bits per heavy atom. The third-order valence-electron chi connectivity index (χ3n) is 3.74. The monoisotopic (exact) mass is 356 g/mol. The second-order valence-corrected chi connectivity index (χ2v) is 7.12. The van der Waals surface area contributed by atoms with Gasteiger partial charge in [-0.25, -0.2) is 9.97 Å². The van der Waals surface area contributed by atoms with Crippen molar-refractivity contribution < 1.29 is 13.5 Å². The van der Waals surface area contributed by atoms with Gasteiger partial charge in [0, 0.05) is 30.3 Å². The number of alkyl halides is 2. The third kappa shape index (κ3) is 3.49. The lowest BCUT2D eigenvalue weighted by atomic mass is 9.96. The molecule has 0 aliphatic rings. The zero-order valence-corrected chi connectivity index (χ0v) is 14.9. The molecule has 1 aromatic carbocycles. The van der Waals surface area contributed by atoms with Crippen LogP contribution in [0.25, 0.3) is 16.8 Å². The van der Waals surface area contributed by atoms with Gasteiger partial charge in [0.15, 0.2) is 11.3 Å². The van der Waals surface area contributed by atoms with Crippen LogP contribution in [0.5, 0.6) is 5.75 Å². The smallest absolute Gasteiger partial charge is 0.394 e. The number of rotatable bonds is 3. The van der Waals surface area contributed by atoms with E-state index >= 15 is 0 Å². The SMILES string of the molecule is CC(F)(F)Oc1ccc(-c2cnc3c(C#N)nc(C(C)(C)C)n3c2)cc1. The average molecular weight is 356 g/mol. The molecule has 0 saturated heterocycles. The highest BCUT2D eigenvalue weighted by molar-refractivity contribution is 5.65. The molecular weight excluding hydrogens is 338 g/mol. The van der Waals surface area contributed by atoms with Gasteiger partial charge in [0.2, 0.25) is 0 Å². The summed E-state index contributed by atoms with van der Waals surface area (Å²) in [5.41, 5.74) is 2.06. The molecule has 0 aliphatic heterocycles. The average Bonchev–Trinajstić information content (AvgIpc) is 2.92. The van der Waals surface area contributed by atoms with Crippen molar-refractivity contribution in [1.29, 1.82) is 5.26 Å². The van der Waals surface area contributed by atoms with Gasteiger partial charge in [-0.2, -0.15) is 14.0 Å². The number of benzene rings is 1. The summed E-state index contributed by atoms with van der Waals surface area (Å²) in [5.74, 6) is 0.809. The number of imidazole rings is 1. The first-order chi connectivity index (χ1) is 12.1. The van der Waals surface area contributed by atoms with E-state index in [0.717, 1.165) is 17.0 Å². The number of hydrogen-bond acceptors (Lipinski definition) is 4. The van der Waals surface area contributed by atoms with Crippen molar-refractivity contribution in [3.8, 4) is 22.9 Å². The Morgan fingerprint density at radius 3 is 2.27 bits per heavy atom. The Hall–Kier alpha value is -3.01. The zero-order valence-electron chi connectivity index (χ0n) is 14.9. The predicted octanol–water partition coefficient (Wildman–Crippen LogP) is 4.56. The summed E-state index contributed by atoms with van der Waals surface area (Å²) >= 11 is 0. The molecule has 134 valence electrons. The largest absolute Gasteiger partial charge is 0.433 e. The molecule has 0 bridgehead atoms. The van der Waals surface area contributed by atoms with Gasteiger partial charge in [-0.1, -0.05) is 32.9 Å². The van der Waals surface area contributed by atoms with Crippen molar-refractivity contribution in [3.05, 3.63) is 48.2 Å². The molecule has 0 radical (unpaired) electrons. The number of ether oxygens (including phenoxy) is 1. The summed E-state index contributed by atoms with van der Waals surface area (Å²) in [7, 11) is 0. The highest BCUT2D eigenvalue weighted by atomic mass is 19.3. The molecule has 26 heavy (non-hydrogen) atoms. The molecule has 2 aromatic heterocycles. The molecule has 2 heterocycles. The van der Waals surface area contributed by atoms with E-state index in [0.29, 0.717) is 12.6 Å². The number of aromatic nitrogens is 3. The van der Waals surface area contributed by atoms with Crippen LogP contribution in [0, 0.1) is 11.3 Å². The maximum absolute atomic E-state index is 12.9. The molecule has 0 atom stereocenters. The van der Waals surface area contributed by atoms with Crippen LogP contribution in [0.4, 0.5) is 8.78 Å². The van der Waals surface area contributed by atoms with Crippen LogP contribution >= 0.6 is 0 Å². The quantitative estimate of drug-likeness (QED) is 0.690. The highest BCUT2D eigenvalue weighted by Gasteiger charge is 2.24. The van der Waals surface area contributed by atoms with Crippen molar-refractivity contribution in [3.63, 3.8) is 0 Å². The zero-order chi connectivity index (χ0) is 19.1. The number of halogens is 2. The minimum absolute atomic E-state index is 0.0834. The first-order valence-corrected chi connectivity index (χ1v) is 8.04. The molecule has 0 spiro atoms. The van der Waals surface area contributed by atoms with Gasteiger partial charge < -0.3 is 4.74 Å². The lowest BCUT2D eigenvalue weighted by Crippen LogP contribution is -2.18. The van der Waals surface area contributed by atoms with Crippen LogP contribution in [-0.2, 0) is 5.41 Å². The Balaban J connectivity index is 2.05. The molecule has 0 aliphatic carbocycles. The molecule has 3 aromatic rings. The Kier molecular flexibility index (Phi) is 4.15. The Morgan fingerprint density at radius 1 is 1.08 bits per heavy atom. The van der Waals surface area contributed by atoms with Crippen LogP contribution in [0.1, 0.15) is 39.2 Å². The Labute approximate surface area is 149 Å². The molecule has 3 rings (SSSR count). The molecular formula is C19H18F2N4O. The van der Waals surface area contributed by atoms with Crippen molar-refractivity contribution in [2.75, 3.05) is 0 Å². The first kappa shape index (κ1) is 17.8. The van der Waals surface area contributed by atoms with E-state index in [1.165, 1.54) is 12.1 Å². The lowest BCUT2D eigenvalue weighted by molar-refractivity contribution is -0.158. The molecule has 0 fully saturated rings. The van der Waals surface area contributed by atoms with Crippen LogP contribution in [0.3, 0.4) is 0 Å². The van der Waals surface area contributed by atoms with E-state index in [1.807, 2.05) is 27.0 Å². The maximum Gasteiger partial charge on any atom is 0.394 e. The van der Waals surface area contributed by atoms with Crippen LogP contribution in [0.2, 0.25) is 0 Å². The van der Waals surface area contributed by atoms with Crippen LogP contribution < -0.4 is 4.74 Å². The fourth-order valence-electron chi connectivity index (χ4n) is 2.65. The fraction of sp³-hybridized carbons (Fsp3) is 0.316. The van der Waals surface area contributed by atoms with E-state index in [1.54, 1.807) is 22.7 Å². The van der Waals surface area contributed by atoms with Crippen molar-refractivity contribution >= 4 is 5.65 Å². The van der Waals surface area contributed by atoms with Gasteiger partial charge in [0.1, 0.15) is 17.6 Å². The van der Waals surface area contributed by atoms with Crippen LogP contribution in [0.15, 0.2) is 36.7 Å². The van der Waals surface area contributed by atoms with Gasteiger partial charge in [-0.05, 0) is 17.7 Å². The number of fused-ring (bicyclic) bond motifs is 1. The fourth-order valence-corrected chi connectivity index (χ4v) is 2.65. The van der Waals surface area contributed by atoms with Crippen LogP contribution in [-0.4, -0.2) is 20.5 Å². The second-order valence-electron chi connectivity index (χ2n) is 7.12. The standard InChI is InChI=1S/C19H18F2N4O/c1-18(2,3)17-24-15(9-22)16-23-10-13(11-25(16)17)12-5-7-14(8-6-12)26-19(4,20)21/h5-8,10-11H,1-4H3. The summed E-state index contributed by atoms with van der Waals surface area (Å²) < 4.78 is 32.2. The maximum atomic E-state index is 12.9. The highest BCUT2D eigenvalue weighted by Crippen LogP contribution is 2.28. The summed E-state index contributed by atoms with van der Waals surface area (Å²) in [6, 6.07) is 8.40.